The van der Waals surface area contributed by atoms with Gasteiger partial charge in [-0.15, -0.1) is 11.3 Å². The third kappa shape index (κ3) is 2.48. The third-order valence-corrected chi connectivity index (χ3v) is 6.60. The molecule has 0 saturated heterocycles. The lowest BCUT2D eigenvalue weighted by molar-refractivity contribution is -0.121. The summed E-state index contributed by atoms with van der Waals surface area (Å²) < 4.78 is 2.02. The summed E-state index contributed by atoms with van der Waals surface area (Å²) in [5, 5.41) is 5.08. The van der Waals surface area contributed by atoms with Crippen LogP contribution in [0.1, 0.15) is 19.3 Å². The Morgan fingerprint density at radius 3 is 2.76 bits per heavy atom. The Kier molecular flexibility index (Phi) is 3.43. The Labute approximate surface area is 149 Å². The van der Waals surface area contributed by atoms with Crippen molar-refractivity contribution >= 4 is 27.9 Å². The van der Waals surface area contributed by atoms with E-state index in [2.05, 4.69) is 10.3 Å². The number of aromatic nitrogens is 2. The Bertz CT molecular complexity index is 898. The van der Waals surface area contributed by atoms with E-state index in [-0.39, 0.29) is 17.9 Å². The molecule has 5 nitrogen and oxygen atoms in total. The van der Waals surface area contributed by atoms with E-state index in [1.54, 1.807) is 11.3 Å². The Hall–Kier alpha value is -2.18. The molecule has 2 saturated carbocycles. The first-order valence-electron chi connectivity index (χ1n) is 8.78. The second-order valence-corrected chi connectivity index (χ2v) is 8.09. The standard InChI is InChI=1S/C19H20N4OS/c20-17-13-2-1-12(9-13)16(17)18(24)21-14-5-3-11(4-6-14)15-10-23-7-8-25-19(23)22-15/h3-8,10,12-13,16-17H,1-2,9,20H2,(H,21,24). The van der Waals surface area contributed by atoms with Gasteiger partial charge in [0, 0.05) is 35.1 Å². The summed E-state index contributed by atoms with van der Waals surface area (Å²) in [5.41, 5.74) is 9.09. The van der Waals surface area contributed by atoms with E-state index in [0.29, 0.717) is 11.8 Å². The predicted octanol–water partition coefficient (Wildman–Crippen LogP) is 3.37. The van der Waals surface area contributed by atoms with Crippen molar-refractivity contribution < 1.29 is 4.79 Å². The lowest BCUT2D eigenvalue weighted by atomic mass is 9.84. The van der Waals surface area contributed by atoms with Gasteiger partial charge in [0.05, 0.1) is 11.6 Å². The van der Waals surface area contributed by atoms with Crippen molar-refractivity contribution in [1.82, 2.24) is 9.38 Å². The molecule has 1 aromatic carbocycles. The predicted molar refractivity (Wildman–Crippen MR) is 99.4 cm³/mol. The number of nitrogens with two attached hydrogens (primary N) is 1. The normalized spacial score (nSPS) is 27.9. The molecule has 6 heteroatoms. The molecular weight excluding hydrogens is 332 g/mol. The van der Waals surface area contributed by atoms with E-state index < -0.39 is 0 Å². The zero-order valence-electron chi connectivity index (χ0n) is 13.8. The van der Waals surface area contributed by atoms with Gasteiger partial charge in [-0.2, -0.15) is 0 Å². The van der Waals surface area contributed by atoms with Crippen molar-refractivity contribution in [2.45, 2.75) is 25.3 Å². The van der Waals surface area contributed by atoms with Crippen LogP contribution in [0.4, 0.5) is 5.69 Å². The number of anilines is 1. The van der Waals surface area contributed by atoms with Crippen molar-refractivity contribution in [2.24, 2.45) is 23.5 Å². The quantitative estimate of drug-likeness (QED) is 0.759. The highest BCUT2D eigenvalue weighted by Gasteiger charge is 2.49. The molecule has 3 N–H and O–H groups in total. The molecule has 2 fully saturated rings. The molecule has 0 aliphatic heterocycles. The molecule has 2 aromatic heterocycles. The molecule has 4 unspecified atom stereocenters. The van der Waals surface area contributed by atoms with Crippen molar-refractivity contribution in [3.8, 4) is 11.3 Å². The smallest absolute Gasteiger partial charge is 0.229 e. The molecular formula is C19H20N4OS. The molecule has 1 amide bonds. The number of rotatable bonds is 3. The van der Waals surface area contributed by atoms with E-state index in [0.717, 1.165) is 34.7 Å². The van der Waals surface area contributed by atoms with Crippen LogP contribution in [-0.2, 0) is 4.79 Å². The number of thiazole rings is 1. The number of amides is 1. The maximum atomic E-state index is 12.6. The monoisotopic (exact) mass is 352 g/mol. The van der Waals surface area contributed by atoms with Gasteiger partial charge in [-0.1, -0.05) is 12.1 Å². The minimum Gasteiger partial charge on any atom is -0.327 e. The number of hydrogen-bond donors (Lipinski definition) is 2. The fraction of sp³-hybridized carbons (Fsp3) is 0.368. The highest BCUT2D eigenvalue weighted by molar-refractivity contribution is 7.15. The Balaban J connectivity index is 1.32. The molecule has 2 aliphatic carbocycles. The summed E-state index contributed by atoms with van der Waals surface area (Å²) in [4.78, 5) is 18.2. The van der Waals surface area contributed by atoms with E-state index in [1.807, 2.05) is 46.4 Å². The van der Waals surface area contributed by atoms with Crippen molar-refractivity contribution in [3.63, 3.8) is 0 Å². The maximum absolute atomic E-state index is 12.6. The molecule has 0 radical (unpaired) electrons. The fourth-order valence-corrected chi connectivity index (χ4v) is 5.24. The summed E-state index contributed by atoms with van der Waals surface area (Å²) in [7, 11) is 0. The molecule has 2 aliphatic rings. The Morgan fingerprint density at radius 2 is 2.04 bits per heavy atom. The first-order valence-corrected chi connectivity index (χ1v) is 9.66. The zero-order valence-corrected chi connectivity index (χ0v) is 14.6. The molecule has 2 heterocycles. The largest absolute Gasteiger partial charge is 0.327 e. The van der Waals surface area contributed by atoms with Gasteiger partial charge in [0.25, 0.3) is 0 Å². The van der Waals surface area contributed by atoms with Gasteiger partial charge >= 0.3 is 0 Å². The number of carbonyl (C=O) groups is 1. The van der Waals surface area contributed by atoms with E-state index in [4.69, 9.17) is 5.73 Å². The van der Waals surface area contributed by atoms with Gasteiger partial charge in [-0.3, -0.25) is 9.20 Å². The number of hydrogen-bond acceptors (Lipinski definition) is 4. The summed E-state index contributed by atoms with van der Waals surface area (Å²) in [6.45, 7) is 0. The molecule has 5 rings (SSSR count). The molecule has 2 bridgehead atoms. The number of nitrogens with one attached hydrogen (secondary N) is 1. The lowest BCUT2D eigenvalue weighted by Gasteiger charge is -2.27. The summed E-state index contributed by atoms with van der Waals surface area (Å²) in [5.74, 6) is 1.06. The van der Waals surface area contributed by atoms with Gasteiger partial charge in [0.15, 0.2) is 4.96 Å². The third-order valence-electron chi connectivity index (χ3n) is 5.82. The van der Waals surface area contributed by atoms with E-state index in [9.17, 15) is 4.79 Å². The van der Waals surface area contributed by atoms with Gasteiger partial charge in [0.1, 0.15) is 0 Å². The van der Waals surface area contributed by atoms with Crippen LogP contribution in [0.3, 0.4) is 0 Å². The molecule has 128 valence electrons. The van der Waals surface area contributed by atoms with Crippen LogP contribution in [0.5, 0.6) is 0 Å². The van der Waals surface area contributed by atoms with Gasteiger partial charge in [-0.05, 0) is 43.2 Å². The summed E-state index contributed by atoms with van der Waals surface area (Å²) in [6, 6.07) is 7.92. The number of nitrogens with zero attached hydrogens (tertiary/aromatic N) is 2. The van der Waals surface area contributed by atoms with Crippen LogP contribution in [-0.4, -0.2) is 21.3 Å². The molecule has 25 heavy (non-hydrogen) atoms. The molecule has 4 atom stereocenters. The van der Waals surface area contributed by atoms with Gasteiger partial charge < -0.3 is 11.1 Å². The molecule has 3 aromatic rings. The topological polar surface area (TPSA) is 72.4 Å². The van der Waals surface area contributed by atoms with Crippen LogP contribution < -0.4 is 11.1 Å². The number of carbonyl (C=O) groups excluding carboxylic acids is 1. The maximum Gasteiger partial charge on any atom is 0.229 e. The number of benzene rings is 1. The number of imidazole rings is 1. The number of fused-ring (bicyclic) bond motifs is 3. The second kappa shape index (κ2) is 5.68. The zero-order chi connectivity index (χ0) is 17.0. The average molecular weight is 352 g/mol. The fourth-order valence-electron chi connectivity index (χ4n) is 4.54. The summed E-state index contributed by atoms with van der Waals surface area (Å²) >= 11 is 1.62. The van der Waals surface area contributed by atoms with Crippen LogP contribution in [0.15, 0.2) is 42.0 Å². The van der Waals surface area contributed by atoms with Crippen LogP contribution in [0, 0.1) is 17.8 Å². The lowest BCUT2D eigenvalue weighted by Crippen LogP contribution is -2.42. The minimum absolute atomic E-state index is 0.0245. The first-order chi connectivity index (χ1) is 12.2. The molecule has 0 spiro atoms. The minimum atomic E-state index is -0.0293. The van der Waals surface area contributed by atoms with Crippen LogP contribution in [0.25, 0.3) is 16.2 Å². The van der Waals surface area contributed by atoms with E-state index >= 15 is 0 Å². The van der Waals surface area contributed by atoms with Crippen LogP contribution in [0.2, 0.25) is 0 Å². The SMILES string of the molecule is NC1C2CCC(C2)C1C(=O)Nc1ccc(-c2cn3ccsc3n2)cc1. The first kappa shape index (κ1) is 15.1. The van der Waals surface area contributed by atoms with Gasteiger partial charge in [-0.25, -0.2) is 4.98 Å². The average Bonchev–Trinajstić information content (AvgIpc) is 3.35. The Morgan fingerprint density at radius 1 is 1.24 bits per heavy atom. The van der Waals surface area contributed by atoms with Gasteiger partial charge in [0.2, 0.25) is 5.91 Å². The van der Waals surface area contributed by atoms with E-state index in [1.165, 1.54) is 6.42 Å². The van der Waals surface area contributed by atoms with Crippen LogP contribution >= 0.6 is 11.3 Å². The van der Waals surface area contributed by atoms with Crippen molar-refractivity contribution in [2.75, 3.05) is 5.32 Å². The van der Waals surface area contributed by atoms with Crippen molar-refractivity contribution in [1.29, 1.82) is 0 Å². The van der Waals surface area contributed by atoms with Crippen molar-refractivity contribution in [3.05, 3.63) is 42.0 Å². The highest BCUT2D eigenvalue weighted by Crippen LogP contribution is 2.47. The second-order valence-electron chi connectivity index (χ2n) is 7.22. The highest BCUT2D eigenvalue weighted by atomic mass is 32.1. The summed E-state index contributed by atoms with van der Waals surface area (Å²) in [6.07, 6.45) is 7.48.